The number of fused-ring (bicyclic) bond motifs is 1. The van der Waals surface area contributed by atoms with Crippen LogP contribution in [0.2, 0.25) is 0 Å². The van der Waals surface area contributed by atoms with Crippen molar-refractivity contribution in [1.82, 2.24) is 19.7 Å². The Balaban J connectivity index is 1.50. The zero-order chi connectivity index (χ0) is 18.1. The number of rotatable bonds is 5. The number of sulfone groups is 1. The minimum atomic E-state index is -3.15. The topological polar surface area (TPSA) is 80.6 Å². The number of benzene rings is 1. The Morgan fingerprint density at radius 1 is 1.12 bits per heavy atom. The van der Waals surface area contributed by atoms with Crippen molar-refractivity contribution < 1.29 is 8.42 Å². The van der Waals surface area contributed by atoms with Crippen molar-refractivity contribution in [2.24, 2.45) is 0 Å². The molecule has 0 bridgehead atoms. The first-order chi connectivity index (χ1) is 12.5. The summed E-state index contributed by atoms with van der Waals surface area (Å²) in [6.45, 7) is 0.722. The van der Waals surface area contributed by atoms with Crippen molar-refractivity contribution in [3.8, 4) is 11.1 Å². The molecule has 0 saturated carbocycles. The Morgan fingerprint density at radius 2 is 1.92 bits per heavy atom. The third kappa shape index (κ3) is 3.25. The summed E-state index contributed by atoms with van der Waals surface area (Å²) in [6, 6.07) is 11.0. The van der Waals surface area contributed by atoms with Gasteiger partial charge in [-0.15, -0.1) is 0 Å². The molecule has 0 aliphatic carbocycles. The van der Waals surface area contributed by atoms with Gasteiger partial charge in [-0.25, -0.2) is 13.4 Å². The van der Waals surface area contributed by atoms with Gasteiger partial charge < -0.3 is 4.98 Å². The molecule has 3 heterocycles. The van der Waals surface area contributed by atoms with Crippen LogP contribution in [-0.2, 0) is 22.8 Å². The lowest BCUT2D eigenvalue weighted by Crippen LogP contribution is -2.02. The highest BCUT2D eigenvalue weighted by Crippen LogP contribution is 2.26. The molecule has 4 aromatic rings. The van der Waals surface area contributed by atoms with E-state index in [2.05, 4.69) is 15.1 Å². The van der Waals surface area contributed by atoms with E-state index in [1.54, 1.807) is 18.3 Å². The third-order valence-corrected chi connectivity index (χ3v) is 5.51. The molecule has 0 unspecified atom stereocenters. The highest BCUT2D eigenvalue weighted by Gasteiger charge is 2.09. The fourth-order valence-electron chi connectivity index (χ4n) is 2.98. The Kier molecular flexibility index (Phi) is 4.08. The molecule has 6 nitrogen and oxygen atoms in total. The summed E-state index contributed by atoms with van der Waals surface area (Å²) in [5.41, 5.74) is 4.08. The lowest BCUT2D eigenvalue weighted by molar-refractivity contribution is 0.601. The summed E-state index contributed by atoms with van der Waals surface area (Å²) >= 11 is 0. The minimum absolute atomic E-state index is 0.343. The van der Waals surface area contributed by atoms with Gasteiger partial charge in [0.1, 0.15) is 5.65 Å². The summed E-state index contributed by atoms with van der Waals surface area (Å²) in [7, 11) is -3.15. The summed E-state index contributed by atoms with van der Waals surface area (Å²) in [6.07, 6.45) is 9.54. The molecule has 132 valence electrons. The van der Waals surface area contributed by atoms with Crippen molar-refractivity contribution in [1.29, 1.82) is 0 Å². The molecule has 0 radical (unpaired) electrons. The summed E-state index contributed by atoms with van der Waals surface area (Å²) < 4.78 is 24.9. The maximum absolute atomic E-state index is 11.5. The summed E-state index contributed by atoms with van der Waals surface area (Å²) in [5, 5.41) is 5.52. The number of aromatic amines is 1. The van der Waals surface area contributed by atoms with Gasteiger partial charge in [0.15, 0.2) is 9.84 Å². The summed E-state index contributed by atoms with van der Waals surface area (Å²) in [5.74, 6) is 0. The van der Waals surface area contributed by atoms with E-state index in [0.29, 0.717) is 4.90 Å². The first-order valence-electron chi connectivity index (χ1n) is 8.25. The number of nitrogens with one attached hydrogen (secondary N) is 1. The molecule has 1 N–H and O–H groups in total. The van der Waals surface area contributed by atoms with Crippen LogP contribution in [0.25, 0.3) is 22.2 Å². The molecular weight excluding hydrogens is 348 g/mol. The van der Waals surface area contributed by atoms with Crippen LogP contribution < -0.4 is 0 Å². The second kappa shape index (κ2) is 6.42. The second-order valence-corrected chi connectivity index (χ2v) is 8.27. The van der Waals surface area contributed by atoms with Gasteiger partial charge in [0.25, 0.3) is 0 Å². The number of nitrogens with zero attached hydrogens (tertiary/aromatic N) is 3. The van der Waals surface area contributed by atoms with Gasteiger partial charge in [0.2, 0.25) is 0 Å². The average molecular weight is 366 g/mol. The normalized spacial score (nSPS) is 11.9. The molecule has 7 heteroatoms. The van der Waals surface area contributed by atoms with E-state index in [4.69, 9.17) is 0 Å². The highest BCUT2D eigenvalue weighted by atomic mass is 32.2. The van der Waals surface area contributed by atoms with Crippen molar-refractivity contribution >= 4 is 20.9 Å². The van der Waals surface area contributed by atoms with E-state index in [9.17, 15) is 8.42 Å². The molecule has 3 aromatic heterocycles. The smallest absolute Gasteiger partial charge is 0.175 e. The van der Waals surface area contributed by atoms with E-state index in [1.165, 1.54) is 6.26 Å². The number of hydrogen-bond donors (Lipinski definition) is 1. The molecule has 0 saturated heterocycles. The lowest BCUT2D eigenvalue weighted by atomic mass is 10.1. The zero-order valence-corrected chi connectivity index (χ0v) is 15.1. The molecular formula is C19H18N4O2S. The van der Waals surface area contributed by atoms with E-state index in [1.807, 2.05) is 47.5 Å². The number of aryl methyl sites for hydroxylation is 2. The predicted molar refractivity (Wildman–Crippen MR) is 101 cm³/mol. The third-order valence-electron chi connectivity index (χ3n) is 4.39. The Bertz CT molecular complexity index is 1160. The fraction of sp³-hybridized carbons (Fsp3) is 0.158. The highest BCUT2D eigenvalue weighted by molar-refractivity contribution is 7.90. The molecule has 1 aromatic carbocycles. The number of pyridine rings is 1. The van der Waals surface area contributed by atoms with Gasteiger partial charge >= 0.3 is 0 Å². The van der Waals surface area contributed by atoms with E-state index >= 15 is 0 Å². The van der Waals surface area contributed by atoms with Gasteiger partial charge in [-0.1, -0.05) is 12.1 Å². The Morgan fingerprint density at radius 3 is 2.69 bits per heavy atom. The molecule has 0 atom stereocenters. The first-order valence-corrected chi connectivity index (χ1v) is 10.1. The van der Waals surface area contributed by atoms with Crippen molar-refractivity contribution in [3.63, 3.8) is 0 Å². The largest absolute Gasteiger partial charge is 0.346 e. The molecule has 0 fully saturated rings. The first kappa shape index (κ1) is 16.5. The second-order valence-electron chi connectivity index (χ2n) is 6.26. The van der Waals surface area contributed by atoms with E-state index in [-0.39, 0.29) is 0 Å². The van der Waals surface area contributed by atoms with Gasteiger partial charge in [-0.3, -0.25) is 4.68 Å². The van der Waals surface area contributed by atoms with Crippen molar-refractivity contribution in [2.75, 3.05) is 6.26 Å². The maximum atomic E-state index is 11.5. The van der Waals surface area contributed by atoms with Crippen LogP contribution in [0.3, 0.4) is 0 Å². The maximum Gasteiger partial charge on any atom is 0.175 e. The van der Waals surface area contributed by atoms with Crippen LogP contribution in [0.1, 0.15) is 5.56 Å². The number of H-pyrrole nitrogens is 1. The van der Waals surface area contributed by atoms with Crippen LogP contribution in [-0.4, -0.2) is 34.4 Å². The SMILES string of the molecule is CS(=O)(=O)c1ccc(CCn2cc(-c3ccnc4[nH]ccc34)cn2)cc1. The molecule has 26 heavy (non-hydrogen) atoms. The number of hydrogen-bond acceptors (Lipinski definition) is 4. The molecule has 4 rings (SSSR count). The van der Waals surface area contributed by atoms with Gasteiger partial charge in [-0.2, -0.15) is 5.10 Å². The quantitative estimate of drug-likeness (QED) is 0.589. The molecule has 0 amide bonds. The Hall–Kier alpha value is -2.93. The van der Waals surface area contributed by atoms with E-state index in [0.717, 1.165) is 40.7 Å². The van der Waals surface area contributed by atoms with Crippen molar-refractivity contribution in [2.45, 2.75) is 17.9 Å². The van der Waals surface area contributed by atoms with Crippen LogP contribution >= 0.6 is 0 Å². The van der Waals surface area contributed by atoms with Crippen LogP contribution in [0.5, 0.6) is 0 Å². The van der Waals surface area contributed by atoms with Gasteiger partial charge in [0.05, 0.1) is 11.1 Å². The predicted octanol–water partition coefficient (Wildman–Crippen LogP) is 3.07. The van der Waals surface area contributed by atoms with Crippen LogP contribution in [0, 0.1) is 0 Å². The Labute approximate surface area is 151 Å². The van der Waals surface area contributed by atoms with Crippen LogP contribution in [0.15, 0.2) is 66.1 Å². The molecule has 0 aliphatic heterocycles. The van der Waals surface area contributed by atoms with E-state index < -0.39 is 9.84 Å². The lowest BCUT2D eigenvalue weighted by Gasteiger charge is -2.04. The summed E-state index contributed by atoms with van der Waals surface area (Å²) in [4.78, 5) is 7.77. The van der Waals surface area contributed by atoms with Crippen LogP contribution in [0.4, 0.5) is 0 Å². The average Bonchev–Trinajstić information content (AvgIpc) is 3.28. The number of aromatic nitrogens is 4. The van der Waals surface area contributed by atoms with Gasteiger partial charge in [-0.05, 0) is 41.8 Å². The monoisotopic (exact) mass is 366 g/mol. The van der Waals surface area contributed by atoms with Gasteiger partial charge in [0, 0.05) is 42.3 Å². The fourth-order valence-corrected chi connectivity index (χ4v) is 3.61. The zero-order valence-electron chi connectivity index (χ0n) is 14.3. The minimum Gasteiger partial charge on any atom is -0.346 e. The molecule has 0 spiro atoms. The molecule has 0 aliphatic rings. The standard InChI is InChI=1S/C19H18N4O2S/c1-26(24,25)16-4-2-14(3-5-16)8-11-23-13-15(12-22-23)17-6-9-20-19-18(17)7-10-21-19/h2-7,9-10,12-13H,8,11H2,1H3,(H,20,21). The van der Waals surface area contributed by atoms with Crippen molar-refractivity contribution in [3.05, 3.63) is 66.7 Å².